The zero-order valence-electron chi connectivity index (χ0n) is 11.6. The molecule has 0 radical (unpaired) electrons. The summed E-state index contributed by atoms with van der Waals surface area (Å²) in [6.07, 6.45) is 0. The lowest BCUT2D eigenvalue weighted by molar-refractivity contribution is -0.123. The fourth-order valence-corrected chi connectivity index (χ4v) is 2.12. The number of methoxy groups -OCH3 is 1. The third kappa shape index (κ3) is 5.61. The molecule has 1 aromatic rings. The van der Waals surface area contributed by atoms with Gasteiger partial charge in [0.2, 0.25) is 5.91 Å². The largest absolute Gasteiger partial charge is 0.496 e. The zero-order chi connectivity index (χ0) is 14.3. The van der Waals surface area contributed by atoms with E-state index in [2.05, 4.69) is 26.6 Å². The normalized spacial score (nSPS) is 10.6. The van der Waals surface area contributed by atoms with Crippen LogP contribution in [0.15, 0.2) is 22.7 Å². The average Bonchev–Trinajstić information content (AvgIpc) is 2.38. The molecule has 0 spiro atoms. The van der Waals surface area contributed by atoms with Crippen molar-refractivity contribution >= 4 is 21.8 Å². The maximum absolute atomic E-state index is 11.3. The van der Waals surface area contributed by atoms with E-state index in [4.69, 9.17) is 4.74 Å². The van der Waals surface area contributed by atoms with Crippen LogP contribution in [-0.2, 0) is 11.3 Å². The number of hydrogen-bond donors (Lipinski definition) is 2. The number of halogens is 1. The Hall–Kier alpha value is -1.07. The first-order valence-electron chi connectivity index (χ1n) is 6.35. The molecule has 1 amide bonds. The highest BCUT2D eigenvalue weighted by Gasteiger charge is 2.05. The third-order valence-corrected chi connectivity index (χ3v) is 3.29. The number of hydrogen-bond acceptors (Lipinski definition) is 3. The summed E-state index contributed by atoms with van der Waals surface area (Å²) >= 11 is 3.46. The van der Waals surface area contributed by atoms with E-state index in [1.54, 1.807) is 7.11 Å². The van der Waals surface area contributed by atoms with Gasteiger partial charge in [-0.25, -0.2) is 0 Å². The Morgan fingerprint density at radius 3 is 2.68 bits per heavy atom. The lowest BCUT2D eigenvalue weighted by Crippen LogP contribution is -2.34. The minimum atomic E-state index is 0.0394. The number of carbonyl (C=O) groups excluding carboxylic acids is 1. The van der Waals surface area contributed by atoms with Crippen LogP contribution < -0.4 is 15.4 Å². The van der Waals surface area contributed by atoms with Crippen LogP contribution in [0, 0.1) is 5.92 Å². The Labute approximate surface area is 123 Å². The van der Waals surface area contributed by atoms with E-state index < -0.39 is 0 Å². The van der Waals surface area contributed by atoms with Gasteiger partial charge in [-0.15, -0.1) is 0 Å². The molecule has 4 nitrogen and oxygen atoms in total. The Kier molecular flexibility index (Phi) is 6.87. The van der Waals surface area contributed by atoms with Gasteiger partial charge in [0, 0.05) is 25.6 Å². The van der Waals surface area contributed by atoms with Crippen LogP contribution in [0.3, 0.4) is 0 Å². The summed E-state index contributed by atoms with van der Waals surface area (Å²) in [5.41, 5.74) is 1.17. The first kappa shape index (κ1) is 16.0. The van der Waals surface area contributed by atoms with Crippen LogP contribution in [0.25, 0.3) is 0 Å². The molecule has 0 saturated heterocycles. The molecular formula is C14H21BrN2O2. The Bertz CT molecular complexity index is 422. The predicted molar refractivity (Wildman–Crippen MR) is 80.2 cm³/mol. The molecule has 0 aliphatic heterocycles. The molecule has 1 rings (SSSR count). The summed E-state index contributed by atoms with van der Waals surface area (Å²) in [6.45, 7) is 5.94. The smallest absolute Gasteiger partial charge is 0.222 e. The fourth-order valence-electron chi connectivity index (χ4n) is 1.53. The highest BCUT2D eigenvalue weighted by molar-refractivity contribution is 9.10. The molecule has 0 bridgehead atoms. The highest BCUT2D eigenvalue weighted by atomic mass is 79.9. The summed E-state index contributed by atoms with van der Waals surface area (Å²) in [6, 6.07) is 5.98. The summed E-state index contributed by atoms with van der Waals surface area (Å²) in [4.78, 5) is 11.3. The van der Waals surface area contributed by atoms with E-state index in [1.165, 1.54) is 5.56 Å². The number of nitrogens with one attached hydrogen (secondary N) is 2. The molecule has 0 atom stereocenters. The van der Waals surface area contributed by atoms with Crippen molar-refractivity contribution in [3.05, 3.63) is 28.2 Å². The SMILES string of the molecule is COc1ccc(CNCCNC(=O)C(C)C)cc1Br. The molecule has 0 saturated carbocycles. The minimum absolute atomic E-state index is 0.0394. The zero-order valence-corrected chi connectivity index (χ0v) is 13.2. The molecule has 1 aromatic carbocycles. The first-order chi connectivity index (χ1) is 9.04. The fraction of sp³-hybridized carbons (Fsp3) is 0.500. The minimum Gasteiger partial charge on any atom is -0.496 e. The highest BCUT2D eigenvalue weighted by Crippen LogP contribution is 2.25. The topological polar surface area (TPSA) is 50.4 Å². The quantitative estimate of drug-likeness (QED) is 0.755. The molecule has 0 heterocycles. The summed E-state index contributed by atoms with van der Waals surface area (Å²) < 4.78 is 6.12. The molecule has 106 valence electrons. The molecule has 0 fully saturated rings. The van der Waals surface area contributed by atoms with E-state index in [0.29, 0.717) is 6.54 Å². The molecule has 0 unspecified atom stereocenters. The molecular weight excluding hydrogens is 308 g/mol. The van der Waals surface area contributed by atoms with Gasteiger partial charge in [-0.3, -0.25) is 4.79 Å². The third-order valence-electron chi connectivity index (χ3n) is 2.67. The molecule has 5 heteroatoms. The van der Waals surface area contributed by atoms with E-state index in [-0.39, 0.29) is 11.8 Å². The number of rotatable bonds is 7. The lowest BCUT2D eigenvalue weighted by atomic mass is 10.2. The summed E-state index contributed by atoms with van der Waals surface area (Å²) in [5, 5.41) is 6.15. The number of amides is 1. The van der Waals surface area contributed by atoms with Crippen LogP contribution in [-0.4, -0.2) is 26.1 Å². The Morgan fingerprint density at radius 2 is 2.11 bits per heavy atom. The van der Waals surface area contributed by atoms with Gasteiger partial charge in [-0.05, 0) is 33.6 Å². The summed E-state index contributed by atoms with van der Waals surface area (Å²) in [7, 11) is 1.65. The Balaban J connectivity index is 2.26. The van der Waals surface area contributed by atoms with Gasteiger partial charge in [-0.2, -0.15) is 0 Å². The van der Waals surface area contributed by atoms with Crippen molar-refractivity contribution in [2.45, 2.75) is 20.4 Å². The predicted octanol–water partition coefficient (Wildman–Crippen LogP) is 2.32. The van der Waals surface area contributed by atoms with Crippen LogP contribution in [0.4, 0.5) is 0 Å². The van der Waals surface area contributed by atoms with Gasteiger partial charge < -0.3 is 15.4 Å². The molecule has 0 aliphatic rings. The number of benzene rings is 1. The molecule has 0 aromatic heterocycles. The van der Waals surface area contributed by atoms with E-state index in [1.807, 2.05) is 32.0 Å². The summed E-state index contributed by atoms with van der Waals surface area (Å²) in [5.74, 6) is 0.958. The van der Waals surface area contributed by atoms with Crippen LogP contribution >= 0.6 is 15.9 Å². The van der Waals surface area contributed by atoms with Crippen LogP contribution in [0.5, 0.6) is 5.75 Å². The maximum atomic E-state index is 11.3. The van der Waals surface area contributed by atoms with Gasteiger partial charge in [0.25, 0.3) is 0 Å². The first-order valence-corrected chi connectivity index (χ1v) is 7.14. The molecule has 0 aliphatic carbocycles. The van der Waals surface area contributed by atoms with Crippen molar-refractivity contribution in [3.8, 4) is 5.75 Å². The monoisotopic (exact) mass is 328 g/mol. The second kappa shape index (κ2) is 8.17. The Morgan fingerprint density at radius 1 is 1.37 bits per heavy atom. The van der Waals surface area contributed by atoms with Gasteiger partial charge in [0.05, 0.1) is 11.6 Å². The van der Waals surface area contributed by atoms with Crippen molar-refractivity contribution in [1.82, 2.24) is 10.6 Å². The van der Waals surface area contributed by atoms with Crippen molar-refractivity contribution < 1.29 is 9.53 Å². The standard InChI is InChI=1S/C14H21BrN2O2/c1-10(2)14(18)17-7-6-16-9-11-4-5-13(19-3)12(15)8-11/h4-5,8,10,16H,6-7,9H2,1-3H3,(H,17,18). The second-order valence-corrected chi connectivity index (χ2v) is 5.45. The van der Waals surface area contributed by atoms with Gasteiger partial charge in [0.1, 0.15) is 5.75 Å². The number of ether oxygens (including phenoxy) is 1. The number of carbonyl (C=O) groups is 1. The molecule has 2 N–H and O–H groups in total. The van der Waals surface area contributed by atoms with Crippen molar-refractivity contribution in [2.75, 3.05) is 20.2 Å². The average molecular weight is 329 g/mol. The molecule has 19 heavy (non-hydrogen) atoms. The van der Waals surface area contributed by atoms with Crippen molar-refractivity contribution in [1.29, 1.82) is 0 Å². The van der Waals surface area contributed by atoms with Gasteiger partial charge >= 0.3 is 0 Å². The van der Waals surface area contributed by atoms with Crippen molar-refractivity contribution in [2.24, 2.45) is 5.92 Å². The van der Waals surface area contributed by atoms with E-state index in [0.717, 1.165) is 23.3 Å². The van der Waals surface area contributed by atoms with Crippen LogP contribution in [0.2, 0.25) is 0 Å². The maximum Gasteiger partial charge on any atom is 0.222 e. The van der Waals surface area contributed by atoms with Gasteiger partial charge in [0.15, 0.2) is 0 Å². The van der Waals surface area contributed by atoms with E-state index >= 15 is 0 Å². The van der Waals surface area contributed by atoms with Gasteiger partial charge in [-0.1, -0.05) is 19.9 Å². The lowest BCUT2D eigenvalue weighted by Gasteiger charge is -2.09. The van der Waals surface area contributed by atoms with Crippen LogP contribution in [0.1, 0.15) is 19.4 Å². The van der Waals surface area contributed by atoms with Crippen molar-refractivity contribution in [3.63, 3.8) is 0 Å². The van der Waals surface area contributed by atoms with E-state index in [9.17, 15) is 4.79 Å². The second-order valence-electron chi connectivity index (χ2n) is 4.59.